The van der Waals surface area contributed by atoms with Crippen molar-refractivity contribution in [2.75, 3.05) is 25.9 Å². The molecule has 0 radical (unpaired) electrons. The fourth-order valence-corrected chi connectivity index (χ4v) is 3.07. The Morgan fingerprint density at radius 2 is 2.04 bits per heavy atom. The second kappa shape index (κ2) is 7.49. The summed E-state index contributed by atoms with van der Waals surface area (Å²) in [6, 6.07) is 0.257. The molecule has 0 bridgehead atoms. The van der Waals surface area contributed by atoms with Crippen molar-refractivity contribution in [2.24, 2.45) is 0 Å². The van der Waals surface area contributed by atoms with Gasteiger partial charge in [0.2, 0.25) is 0 Å². The predicted octanol–water partition coefficient (Wildman–Crippen LogP) is 2.64. The number of amides is 1. The molecule has 2 heterocycles. The standard InChI is InChI=1S/C16H26N4O2S/c1-12-10-20(15(21)22-16(2,3)4)9-8-19(12)11-13-14(23-5)18-7-6-17-13/h6-7,12H,8-11H2,1-5H3/t12-/m0/s1. The Morgan fingerprint density at radius 3 is 2.65 bits per heavy atom. The van der Waals surface area contributed by atoms with E-state index in [0.717, 1.165) is 23.8 Å². The molecule has 7 heteroatoms. The second-order valence-corrected chi connectivity index (χ2v) is 7.55. The molecule has 0 unspecified atom stereocenters. The van der Waals surface area contributed by atoms with E-state index in [2.05, 4.69) is 21.8 Å². The second-order valence-electron chi connectivity index (χ2n) is 6.76. The smallest absolute Gasteiger partial charge is 0.410 e. The topological polar surface area (TPSA) is 58.6 Å². The minimum atomic E-state index is -0.454. The molecule has 2 rings (SSSR count). The van der Waals surface area contributed by atoms with Crippen molar-refractivity contribution in [3.8, 4) is 0 Å². The fraction of sp³-hybridized carbons (Fsp3) is 0.688. The van der Waals surface area contributed by atoms with Crippen LogP contribution >= 0.6 is 11.8 Å². The summed E-state index contributed by atoms with van der Waals surface area (Å²) < 4.78 is 5.46. The Labute approximate surface area is 142 Å². The molecule has 1 atom stereocenters. The van der Waals surface area contributed by atoms with Crippen LogP contribution < -0.4 is 0 Å². The van der Waals surface area contributed by atoms with Gasteiger partial charge in [0.05, 0.1) is 5.69 Å². The van der Waals surface area contributed by atoms with Gasteiger partial charge in [0.25, 0.3) is 0 Å². The molecule has 0 spiro atoms. The summed E-state index contributed by atoms with van der Waals surface area (Å²) in [4.78, 5) is 25.1. The van der Waals surface area contributed by atoms with Gasteiger partial charge in [-0.15, -0.1) is 11.8 Å². The van der Waals surface area contributed by atoms with Gasteiger partial charge < -0.3 is 9.64 Å². The summed E-state index contributed by atoms with van der Waals surface area (Å²) in [6.45, 7) is 10.7. The first-order chi connectivity index (χ1) is 10.8. The third kappa shape index (κ3) is 5.07. The lowest BCUT2D eigenvalue weighted by Gasteiger charge is -2.40. The number of hydrogen-bond donors (Lipinski definition) is 0. The zero-order valence-corrected chi connectivity index (χ0v) is 15.4. The van der Waals surface area contributed by atoms with Crippen LogP contribution in [0.1, 0.15) is 33.4 Å². The summed E-state index contributed by atoms with van der Waals surface area (Å²) in [5.74, 6) is 0. The van der Waals surface area contributed by atoms with Gasteiger partial charge in [-0.05, 0) is 34.0 Å². The molecule has 1 amide bonds. The van der Waals surface area contributed by atoms with Crippen molar-refractivity contribution in [3.63, 3.8) is 0 Å². The molecule has 1 aliphatic heterocycles. The van der Waals surface area contributed by atoms with Gasteiger partial charge in [-0.2, -0.15) is 0 Å². The summed E-state index contributed by atoms with van der Waals surface area (Å²) in [5, 5.41) is 0.967. The highest BCUT2D eigenvalue weighted by Crippen LogP contribution is 2.20. The summed E-state index contributed by atoms with van der Waals surface area (Å²) in [7, 11) is 0. The van der Waals surface area contributed by atoms with Crippen molar-refractivity contribution < 1.29 is 9.53 Å². The fourth-order valence-electron chi connectivity index (χ4n) is 2.55. The molecule has 1 aliphatic rings. The van der Waals surface area contributed by atoms with Crippen molar-refractivity contribution in [3.05, 3.63) is 18.1 Å². The molecule has 1 aromatic heterocycles. The van der Waals surface area contributed by atoms with Crippen molar-refractivity contribution >= 4 is 17.9 Å². The van der Waals surface area contributed by atoms with E-state index in [9.17, 15) is 4.79 Å². The van der Waals surface area contributed by atoms with Crippen LogP contribution in [0.2, 0.25) is 0 Å². The Bertz CT molecular complexity index is 547. The number of ether oxygens (including phenoxy) is 1. The number of hydrogen-bond acceptors (Lipinski definition) is 6. The van der Waals surface area contributed by atoms with Gasteiger partial charge in [0, 0.05) is 44.6 Å². The van der Waals surface area contributed by atoms with Crippen LogP contribution in [-0.4, -0.2) is 63.4 Å². The van der Waals surface area contributed by atoms with E-state index >= 15 is 0 Å². The number of carbonyl (C=O) groups is 1. The van der Waals surface area contributed by atoms with Crippen molar-refractivity contribution in [2.45, 2.75) is 50.9 Å². The maximum absolute atomic E-state index is 12.2. The molecule has 23 heavy (non-hydrogen) atoms. The molecule has 1 fully saturated rings. The van der Waals surface area contributed by atoms with Crippen LogP contribution in [0.15, 0.2) is 17.4 Å². The van der Waals surface area contributed by atoms with Gasteiger partial charge in [0.15, 0.2) is 0 Å². The molecule has 1 aromatic rings. The van der Waals surface area contributed by atoms with Crippen molar-refractivity contribution in [1.82, 2.24) is 19.8 Å². The molecular weight excluding hydrogens is 312 g/mol. The lowest BCUT2D eigenvalue weighted by molar-refractivity contribution is 0.00431. The van der Waals surface area contributed by atoms with Crippen LogP contribution in [0.5, 0.6) is 0 Å². The van der Waals surface area contributed by atoms with Crippen LogP contribution in [0.25, 0.3) is 0 Å². The van der Waals surface area contributed by atoms with E-state index in [1.54, 1.807) is 29.1 Å². The van der Waals surface area contributed by atoms with Gasteiger partial charge in [-0.25, -0.2) is 9.78 Å². The largest absolute Gasteiger partial charge is 0.444 e. The SMILES string of the molecule is CSc1nccnc1CN1CCN(C(=O)OC(C)(C)C)C[C@@H]1C. The Morgan fingerprint density at radius 1 is 1.35 bits per heavy atom. The first kappa shape index (κ1) is 18.0. The zero-order chi connectivity index (χ0) is 17.0. The predicted molar refractivity (Wildman–Crippen MR) is 91.5 cm³/mol. The van der Waals surface area contributed by atoms with E-state index in [1.807, 2.05) is 27.0 Å². The van der Waals surface area contributed by atoms with E-state index in [4.69, 9.17) is 4.74 Å². The molecule has 1 saturated heterocycles. The Kier molecular flexibility index (Phi) is 5.86. The first-order valence-electron chi connectivity index (χ1n) is 7.86. The highest BCUT2D eigenvalue weighted by Gasteiger charge is 2.30. The highest BCUT2D eigenvalue weighted by atomic mass is 32.2. The van der Waals surface area contributed by atoms with E-state index in [0.29, 0.717) is 13.1 Å². The average Bonchev–Trinajstić information content (AvgIpc) is 2.48. The zero-order valence-electron chi connectivity index (χ0n) is 14.6. The maximum atomic E-state index is 12.2. The molecule has 0 aliphatic carbocycles. The molecule has 0 N–H and O–H groups in total. The number of rotatable bonds is 3. The molecule has 0 aromatic carbocycles. The van der Waals surface area contributed by atoms with E-state index in [-0.39, 0.29) is 12.1 Å². The number of piperazine rings is 1. The minimum Gasteiger partial charge on any atom is -0.444 e. The van der Waals surface area contributed by atoms with Gasteiger partial charge >= 0.3 is 6.09 Å². The molecule has 128 valence electrons. The van der Waals surface area contributed by atoms with Crippen LogP contribution in [0, 0.1) is 0 Å². The number of carbonyl (C=O) groups excluding carboxylic acids is 1. The molecular formula is C16H26N4O2S. The maximum Gasteiger partial charge on any atom is 0.410 e. The first-order valence-corrected chi connectivity index (χ1v) is 9.08. The van der Waals surface area contributed by atoms with Crippen LogP contribution in [-0.2, 0) is 11.3 Å². The number of nitrogens with zero attached hydrogens (tertiary/aromatic N) is 4. The summed E-state index contributed by atoms with van der Waals surface area (Å²) in [5.41, 5.74) is 0.544. The van der Waals surface area contributed by atoms with Crippen molar-refractivity contribution in [1.29, 1.82) is 0 Å². The van der Waals surface area contributed by atoms with Crippen LogP contribution in [0.3, 0.4) is 0 Å². The number of thioether (sulfide) groups is 1. The Balaban J connectivity index is 1.95. The van der Waals surface area contributed by atoms with E-state index < -0.39 is 5.60 Å². The van der Waals surface area contributed by atoms with Gasteiger partial charge in [0.1, 0.15) is 10.6 Å². The molecule has 6 nitrogen and oxygen atoms in total. The average molecular weight is 338 g/mol. The number of aromatic nitrogens is 2. The Hall–Kier alpha value is -1.34. The lowest BCUT2D eigenvalue weighted by Crippen LogP contribution is -2.54. The highest BCUT2D eigenvalue weighted by molar-refractivity contribution is 7.98. The normalized spacial score (nSPS) is 19.7. The third-order valence-corrected chi connectivity index (χ3v) is 4.43. The quantitative estimate of drug-likeness (QED) is 0.790. The summed E-state index contributed by atoms with van der Waals surface area (Å²) in [6.07, 6.45) is 5.24. The third-order valence-electron chi connectivity index (χ3n) is 3.70. The van der Waals surface area contributed by atoms with Gasteiger partial charge in [-0.3, -0.25) is 9.88 Å². The van der Waals surface area contributed by atoms with Crippen LogP contribution in [0.4, 0.5) is 4.79 Å². The lowest BCUT2D eigenvalue weighted by atomic mass is 10.2. The monoisotopic (exact) mass is 338 g/mol. The van der Waals surface area contributed by atoms with Gasteiger partial charge in [-0.1, -0.05) is 0 Å². The minimum absolute atomic E-state index is 0.228. The summed E-state index contributed by atoms with van der Waals surface area (Å²) >= 11 is 1.61. The molecule has 0 saturated carbocycles. The van der Waals surface area contributed by atoms with E-state index in [1.165, 1.54) is 0 Å².